The molecule has 5 saturated carbocycles. The van der Waals surface area contributed by atoms with Crippen molar-refractivity contribution >= 4 is 5.97 Å². The van der Waals surface area contributed by atoms with Crippen LogP contribution >= 0.6 is 0 Å². The van der Waals surface area contributed by atoms with E-state index < -0.39 is 0 Å². The van der Waals surface area contributed by atoms with E-state index in [2.05, 4.69) is 27.7 Å². The maximum absolute atomic E-state index is 13.2. The average molecular weight is 347 g/mol. The lowest BCUT2D eigenvalue weighted by Crippen LogP contribution is -2.64. The molecule has 0 aromatic heterocycles. The van der Waals surface area contributed by atoms with Crippen LogP contribution in [-0.2, 0) is 9.53 Å². The van der Waals surface area contributed by atoms with Crippen LogP contribution in [0.5, 0.6) is 0 Å². The molecule has 5 fully saturated rings. The van der Waals surface area contributed by atoms with Gasteiger partial charge in [-0.2, -0.15) is 0 Å². The third-order valence-corrected chi connectivity index (χ3v) is 8.69. The van der Waals surface area contributed by atoms with E-state index in [-0.39, 0.29) is 17.0 Å². The van der Waals surface area contributed by atoms with E-state index >= 15 is 0 Å². The van der Waals surface area contributed by atoms with Crippen molar-refractivity contribution in [2.75, 3.05) is 0 Å². The summed E-state index contributed by atoms with van der Waals surface area (Å²) in [7, 11) is 0. The van der Waals surface area contributed by atoms with Crippen LogP contribution in [0.15, 0.2) is 0 Å². The van der Waals surface area contributed by atoms with Crippen LogP contribution in [0.4, 0.5) is 0 Å². The SMILES string of the molecule is CCC(C)(C)C(=O)OC1(C2CCCC(C)C2)C2CC3CC(C2)CC1C3. The fourth-order valence-electron chi connectivity index (χ4n) is 7.12. The van der Waals surface area contributed by atoms with E-state index in [4.69, 9.17) is 4.74 Å². The van der Waals surface area contributed by atoms with Gasteiger partial charge in [-0.25, -0.2) is 0 Å². The van der Waals surface area contributed by atoms with Gasteiger partial charge in [0.1, 0.15) is 5.60 Å². The number of rotatable bonds is 4. The van der Waals surface area contributed by atoms with Crippen molar-refractivity contribution in [3.8, 4) is 0 Å². The molecule has 5 aliphatic carbocycles. The van der Waals surface area contributed by atoms with Crippen LogP contribution in [0.2, 0.25) is 0 Å². The van der Waals surface area contributed by atoms with Gasteiger partial charge in [0.2, 0.25) is 0 Å². The molecule has 142 valence electrons. The molecule has 0 aliphatic heterocycles. The molecule has 0 aromatic carbocycles. The minimum Gasteiger partial charge on any atom is -0.458 e. The predicted molar refractivity (Wildman–Crippen MR) is 101 cm³/mol. The lowest BCUT2D eigenvalue weighted by molar-refractivity contribution is -0.240. The van der Waals surface area contributed by atoms with Crippen LogP contribution in [0.1, 0.15) is 91.9 Å². The van der Waals surface area contributed by atoms with Gasteiger partial charge in [0, 0.05) is 0 Å². The van der Waals surface area contributed by atoms with Crippen molar-refractivity contribution in [2.45, 2.75) is 97.5 Å². The molecule has 0 saturated heterocycles. The number of carbonyl (C=O) groups excluding carboxylic acids is 1. The van der Waals surface area contributed by atoms with Gasteiger partial charge in [0.25, 0.3) is 0 Å². The molecule has 0 radical (unpaired) electrons. The molecule has 2 unspecified atom stereocenters. The summed E-state index contributed by atoms with van der Waals surface area (Å²) in [5.74, 6) is 4.64. The Kier molecular flexibility index (Phi) is 4.48. The number of esters is 1. The minimum absolute atomic E-state index is 0.0840. The highest BCUT2D eigenvalue weighted by Gasteiger charge is 2.63. The van der Waals surface area contributed by atoms with E-state index in [1.165, 1.54) is 57.8 Å². The summed E-state index contributed by atoms with van der Waals surface area (Å²) in [6.45, 7) is 8.67. The lowest BCUT2D eigenvalue weighted by Gasteiger charge is -2.63. The predicted octanol–water partition coefficient (Wildman–Crippen LogP) is 5.99. The summed E-state index contributed by atoms with van der Waals surface area (Å²) in [6.07, 6.45) is 12.9. The van der Waals surface area contributed by atoms with Gasteiger partial charge in [-0.15, -0.1) is 0 Å². The average Bonchev–Trinajstić information content (AvgIpc) is 2.57. The maximum Gasteiger partial charge on any atom is 0.312 e. The van der Waals surface area contributed by atoms with Crippen LogP contribution < -0.4 is 0 Å². The Balaban J connectivity index is 1.67. The molecular weight excluding hydrogens is 308 g/mol. The molecule has 25 heavy (non-hydrogen) atoms. The second kappa shape index (κ2) is 6.27. The van der Waals surface area contributed by atoms with E-state index in [9.17, 15) is 4.79 Å². The first-order chi connectivity index (χ1) is 11.8. The molecule has 5 aliphatic rings. The van der Waals surface area contributed by atoms with Gasteiger partial charge in [-0.05, 0) is 101 Å². The summed E-state index contributed by atoms with van der Waals surface area (Å²) >= 11 is 0. The molecule has 0 spiro atoms. The highest BCUT2D eigenvalue weighted by molar-refractivity contribution is 5.76. The number of ether oxygens (including phenoxy) is 1. The van der Waals surface area contributed by atoms with Crippen LogP contribution in [0.3, 0.4) is 0 Å². The van der Waals surface area contributed by atoms with Gasteiger partial charge >= 0.3 is 5.97 Å². The molecule has 0 aromatic rings. The second-order valence-electron chi connectivity index (χ2n) is 10.8. The molecule has 2 heteroatoms. The van der Waals surface area contributed by atoms with Gasteiger partial charge in [0.15, 0.2) is 0 Å². The smallest absolute Gasteiger partial charge is 0.312 e. The van der Waals surface area contributed by atoms with Crippen molar-refractivity contribution < 1.29 is 9.53 Å². The fraction of sp³-hybridized carbons (Fsp3) is 0.957. The molecule has 2 nitrogen and oxygen atoms in total. The van der Waals surface area contributed by atoms with Crippen molar-refractivity contribution in [2.24, 2.45) is 40.9 Å². The fourth-order valence-corrected chi connectivity index (χ4v) is 7.12. The van der Waals surface area contributed by atoms with Crippen LogP contribution in [0.25, 0.3) is 0 Å². The lowest BCUT2D eigenvalue weighted by atomic mass is 9.46. The Labute approximate surface area is 154 Å². The normalized spacial score (nSPS) is 46.2. The first kappa shape index (κ1) is 17.9. The van der Waals surface area contributed by atoms with E-state index in [0.29, 0.717) is 17.8 Å². The molecule has 0 heterocycles. The van der Waals surface area contributed by atoms with Gasteiger partial charge in [0.05, 0.1) is 5.41 Å². The summed E-state index contributed by atoms with van der Waals surface area (Å²) in [4.78, 5) is 13.2. The van der Waals surface area contributed by atoms with Crippen molar-refractivity contribution in [1.82, 2.24) is 0 Å². The van der Waals surface area contributed by atoms with E-state index in [0.717, 1.165) is 24.2 Å². The minimum atomic E-state index is -0.345. The molecule has 2 atom stereocenters. The Hall–Kier alpha value is -0.530. The first-order valence-corrected chi connectivity index (χ1v) is 11.1. The summed E-state index contributed by atoms with van der Waals surface area (Å²) in [5, 5.41) is 0. The zero-order valence-corrected chi connectivity index (χ0v) is 16.9. The zero-order chi connectivity index (χ0) is 17.8. The Bertz CT molecular complexity index is 492. The Morgan fingerprint density at radius 3 is 2.08 bits per heavy atom. The highest BCUT2D eigenvalue weighted by Crippen LogP contribution is 2.64. The topological polar surface area (TPSA) is 26.3 Å². The van der Waals surface area contributed by atoms with Gasteiger partial charge in [-0.1, -0.05) is 26.7 Å². The van der Waals surface area contributed by atoms with Crippen molar-refractivity contribution in [1.29, 1.82) is 0 Å². The van der Waals surface area contributed by atoms with Crippen molar-refractivity contribution in [3.63, 3.8) is 0 Å². The number of hydrogen-bond acceptors (Lipinski definition) is 2. The first-order valence-electron chi connectivity index (χ1n) is 11.1. The van der Waals surface area contributed by atoms with E-state index in [1.807, 2.05) is 0 Å². The van der Waals surface area contributed by atoms with Gasteiger partial charge in [-0.3, -0.25) is 4.79 Å². The summed E-state index contributed by atoms with van der Waals surface area (Å²) in [6, 6.07) is 0. The van der Waals surface area contributed by atoms with Crippen LogP contribution in [0, 0.1) is 40.9 Å². The molecule has 0 amide bonds. The van der Waals surface area contributed by atoms with Crippen LogP contribution in [-0.4, -0.2) is 11.6 Å². The third-order valence-electron chi connectivity index (χ3n) is 8.69. The summed E-state index contributed by atoms with van der Waals surface area (Å²) in [5.41, 5.74) is -0.465. The summed E-state index contributed by atoms with van der Waals surface area (Å²) < 4.78 is 6.72. The monoisotopic (exact) mass is 346 g/mol. The Morgan fingerprint density at radius 2 is 1.56 bits per heavy atom. The van der Waals surface area contributed by atoms with E-state index in [1.54, 1.807) is 0 Å². The zero-order valence-electron chi connectivity index (χ0n) is 16.9. The molecule has 5 rings (SSSR count). The molecular formula is C23H38O2. The number of hydrogen-bond donors (Lipinski definition) is 0. The molecule has 0 N–H and O–H groups in total. The standard InChI is InChI=1S/C23H38O2/c1-5-22(3,4)21(24)25-23(18-8-6-7-15(2)9-18)19-11-16-10-17(13-19)14-20(23)12-16/h15-20H,5-14H2,1-4H3. The highest BCUT2D eigenvalue weighted by atomic mass is 16.6. The Morgan fingerprint density at radius 1 is 0.960 bits per heavy atom. The second-order valence-corrected chi connectivity index (χ2v) is 10.8. The third kappa shape index (κ3) is 2.86. The largest absolute Gasteiger partial charge is 0.458 e. The molecule has 4 bridgehead atoms. The number of carbonyl (C=O) groups is 1. The van der Waals surface area contributed by atoms with Gasteiger partial charge < -0.3 is 4.74 Å². The maximum atomic E-state index is 13.2. The quantitative estimate of drug-likeness (QED) is 0.585. The van der Waals surface area contributed by atoms with Crippen molar-refractivity contribution in [3.05, 3.63) is 0 Å².